The summed E-state index contributed by atoms with van der Waals surface area (Å²) in [6, 6.07) is 15.8. The number of rotatable bonds is 2. The number of hydrogen-bond acceptors (Lipinski definition) is 1. The van der Waals surface area contributed by atoms with Crippen LogP contribution in [0.2, 0.25) is 0 Å². The number of amides is 2. The van der Waals surface area contributed by atoms with Gasteiger partial charge in [-0.3, -0.25) is 0 Å². The molecule has 1 aliphatic rings. The molecule has 1 atom stereocenters. The molecular weight excluding hydrogens is 341 g/mol. The molecule has 0 fully saturated rings. The van der Waals surface area contributed by atoms with Gasteiger partial charge in [0.15, 0.2) is 0 Å². The predicted octanol–water partition coefficient (Wildman–Crippen LogP) is 4.88. The molecule has 2 aromatic carbocycles. The Balaban J connectivity index is 1.70. The van der Waals surface area contributed by atoms with Crippen molar-refractivity contribution in [2.24, 2.45) is 0 Å². The number of carbonyl (C=O) groups is 1. The number of fused-ring (bicyclic) bond motifs is 1. The Bertz CT molecular complexity index is 995. The van der Waals surface area contributed by atoms with E-state index in [9.17, 15) is 9.18 Å². The van der Waals surface area contributed by atoms with E-state index in [0.29, 0.717) is 18.7 Å². The SMILES string of the molecule is Cc1ccc(NC(=O)N2CCn3cccc3[C@@H]2c2ccccc2F)c(C)c1. The van der Waals surface area contributed by atoms with Crippen molar-refractivity contribution in [1.29, 1.82) is 0 Å². The summed E-state index contributed by atoms with van der Waals surface area (Å²) in [6.45, 7) is 5.19. The Morgan fingerprint density at radius 2 is 1.89 bits per heavy atom. The van der Waals surface area contributed by atoms with E-state index < -0.39 is 6.04 Å². The minimum absolute atomic E-state index is 0.220. The molecule has 2 amide bonds. The maximum atomic E-state index is 14.6. The van der Waals surface area contributed by atoms with Gasteiger partial charge in [0.25, 0.3) is 0 Å². The van der Waals surface area contributed by atoms with Crippen molar-refractivity contribution in [2.45, 2.75) is 26.4 Å². The van der Waals surface area contributed by atoms with Crippen LogP contribution >= 0.6 is 0 Å². The summed E-state index contributed by atoms with van der Waals surface area (Å²) in [7, 11) is 0. The van der Waals surface area contributed by atoms with Gasteiger partial charge in [0.1, 0.15) is 11.9 Å². The first-order valence-corrected chi connectivity index (χ1v) is 9.09. The summed E-state index contributed by atoms with van der Waals surface area (Å²) in [4.78, 5) is 14.8. The van der Waals surface area contributed by atoms with Gasteiger partial charge in [-0.25, -0.2) is 9.18 Å². The van der Waals surface area contributed by atoms with Crippen molar-refractivity contribution in [2.75, 3.05) is 11.9 Å². The van der Waals surface area contributed by atoms with Crippen LogP contribution in [0.3, 0.4) is 0 Å². The predicted molar refractivity (Wildman–Crippen MR) is 104 cm³/mol. The molecule has 0 saturated carbocycles. The van der Waals surface area contributed by atoms with Crippen LogP contribution in [0.4, 0.5) is 14.9 Å². The van der Waals surface area contributed by atoms with Gasteiger partial charge in [-0.15, -0.1) is 0 Å². The van der Waals surface area contributed by atoms with Crippen LogP contribution in [0, 0.1) is 19.7 Å². The highest BCUT2D eigenvalue weighted by Gasteiger charge is 2.33. The molecule has 1 N–H and O–H groups in total. The fourth-order valence-corrected chi connectivity index (χ4v) is 3.77. The van der Waals surface area contributed by atoms with Gasteiger partial charge < -0.3 is 14.8 Å². The Morgan fingerprint density at radius 1 is 1.07 bits per heavy atom. The Labute approximate surface area is 158 Å². The number of hydrogen-bond donors (Lipinski definition) is 1. The third kappa shape index (κ3) is 3.21. The Morgan fingerprint density at radius 3 is 2.67 bits per heavy atom. The van der Waals surface area contributed by atoms with E-state index in [-0.39, 0.29) is 11.8 Å². The fourth-order valence-electron chi connectivity index (χ4n) is 3.77. The van der Waals surface area contributed by atoms with Crippen LogP contribution < -0.4 is 5.32 Å². The molecule has 4 nitrogen and oxygen atoms in total. The van der Waals surface area contributed by atoms with Gasteiger partial charge in [-0.05, 0) is 43.7 Å². The number of aryl methyl sites for hydroxylation is 2. The normalized spacial score (nSPS) is 16.1. The fraction of sp³-hybridized carbons (Fsp3) is 0.227. The smallest absolute Gasteiger partial charge is 0.322 e. The number of aromatic nitrogens is 1. The van der Waals surface area contributed by atoms with Gasteiger partial charge in [-0.1, -0.05) is 35.9 Å². The summed E-state index contributed by atoms with van der Waals surface area (Å²) >= 11 is 0. The molecule has 138 valence electrons. The van der Waals surface area contributed by atoms with E-state index in [1.807, 2.05) is 50.4 Å². The Hall–Kier alpha value is -3.08. The number of carbonyl (C=O) groups excluding carboxylic acids is 1. The second-order valence-corrected chi connectivity index (χ2v) is 6.99. The molecule has 4 rings (SSSR count). The molecule has 2 heterocycles. The monoisotopic (exact) mass is 363 g/mol. The highest BCUT2D eigenvalue weighted by molar-refractivity contribution is 5.90. The van der Waals surface area contributed by atoms with Crippen molar-refractivity contribution < 1.29 is 9.18 Å². The lowest BCUT2D eigenvalue weighted by molar-refractivity contribution is 0.180. The molecule has 1 aliphatic heterocycles. The lowest BCUT2D eigenvalue weighted by Crippen LogP contribution is -2.44. The van der Waals surface area contributed by atoms with E-state index >= 15 is 0 Å². The summed E-state index contributed by atoms with van der Waals surface area (Å²) in [6.07, 6.45) is 1.97. The van der Waals surface area contributed by atoms with Crippen molar-refractivity contribution in [3.8, 4) is 0 Å². The first kappa shape index (κ1) is 17.3. The minimum atomic E-state index is -0.458. The average Bonchev–Trinajstić information content (AvgIpc) is 3.12. The molecule has 27 heavy (non-hydrogen) atoms. The van der Waals surface area contributed by atoms with Crippen LogP contribution in [0.15, 0.2) is 60.8 Å². The Kier molecular flexibility index (Phi) is 4.44. The molecule has 0 spiro atoms. The van der Waals surface area contributed by atoms with Crippen LogP contribution in [-0.4, -0.2) is 22.0 Å². The van der Waals surface area contributed by atoms with E-state index in [4.69, 9.17) is 0 Å². The summed E-state index contributed by atoms with van der Waals surface area (Å²) in [5, 5.41) is 3.00. The van der Waals surface area contributed by atoms with Gasteiger partial charge in [0.2, 0.25) is 0 Å². The van der Waals surface area contributed by atoms with Crippen molar-refractivity contribution >= 4 is 11.7 Å². The quantitative estimate of drug-likeness (QED) is 0.692. The second-order valence-electron chi connectivity index (χ2n) is 6.99. The lowest BCUT2D eigenvalue weighted by Gasteiger charge is -2.37. The molecule has 0 aliphatic carbocycles. The third-order valence-electron chi connectivity index (χ3n) is 5.12. The van der Waals surface area contributed by atoms with Gasteiger partial charge in [0, 0.05) is 36.2 Å². The molecule has 1 aromatic heterocycles. The van der Waals surface area contributed by atoms with Crippen LogP contribution in [-0.2, 0) is 6.54 Å². The van der Waals surface area contributed by atoms with E-state index in [1.54, 1.807) is 23.1 Å². The molecule has 0 radical (unpaired) electrons. The maximum absolute atomic E-state index is 14.6. The summed E-state index contributed by atoms with van der Waals surface area (Å²) < 4.78 is 16.7. The first-order valence-electron chi connectivity index (χ1n) is 9.09. The zero-order valence-corrected chi connectivity index (χ0v) is 15.4. The molecule has 0 saturated heterocycles. The molecule has 5 heteroatoms. The van der Waals surface area contributed by atoms with Crippen molar-refractivity contribution in [3.63, 3.8) is 0 Å². The molecular formula is C22H22FN3O. The van der Waals surface area contributed by atoms with Gasteiger partial charge in [-0.2, -0.15) is 0 Å². The number of nitrogens with one attached hydrogen (secondary N) is 1. The van der Waals surface area contributed by atoms with Crippen molar-refractivity contribution in [1.82, 2.24) is 9.47 Å². The molecule has 3 aromatic rings. The molecule has 0 bridgehead atoms. The standard InChI is InChI=1S/C22H22FN3O/c1-15-9-10-19(16(2)14-15)24-22(27)26-13-12-25-11-5-8-20(25)21(26)17-6-3-4-7-18(17)23/h3-11,14,21H,12-13H2,1-2H3,(H,24,27)/t21-/m0/s1. The van der Waals surface area contributed by atoms with Gasteiger partial charge in [0.05, 0.1) is 0 Å². The van der Waals surface area contributed by atoms with Crippen molar-refractivity contribution in [3.05, 3.63) is 89.0 Å². The number of benzene rings is 2. The van der Waals surface area contributed by atoms with Crippen LogP contribution in [0.5, 0.6) is 0 Å². The van der Waals surface area contributed by atoms with Gasteiger partial charge >= 0.3 is 6.03 Å². The van der Waals surface area contributed by atoms with E-state index in [1.165, 1.54) is 6.07 Å². The van der Waals surface area contributed by atoms with E-state index in [0.717, 1.165) is 22.5 Å². The topological polar surface area (TPSA) is 37.3 Å². The number of nitrogens with zero attached hydrogens (tertiary/aromatic N) is 2. The molecule has 0 unspecified atom stereocenters. The largest absolute Gasteiger partial charge is 0.348 e. The van der Waals surface area contributed by atoms with E-state index in [2.05, 4.69) is 9.88 Å². The van der Waals surface area contributed by atoms with Crippen LogP contribution in [0.25, 0.3) is 0 Å². The average molecular weight is 363 g/mol. The number of halogens is 1. The number of urea groups is 1. The maximum Gasteiger partial charge on any atom is 0.322 e. The minimum Gasteiger partial charge on any atom is -0.348 e. The number of anilines is 1. The second kappa shape index (κ2) is 6.91. The first-order chi connectivity index (χ1) is 13.0. The zero-order valence-electron chi connectivity index (χ0n) is 15.4. The highest BCUT2D eigenvalue weighted by Crippen LogP contribution is 2.34. The summed E-state index contributed by atoms with van der Waals surface area (Å²) in [5.41, 5.74) is 4.35. The zero-order chi connectivity index (χ0) is 19.0. The lowest BCUT2D eigenvalue weighted by atomic mass is 9.99. The summed E-state index contributed by atoms with van der Waals surface area (Å²) in [5.74, 6) is -0.304. The van der Waals surface area contributed by atoms with Crippen LogP contribution in [0.1, 0.15) is 28.4 Å². The third-order valence-corrected chi connectivity index (χ3v) is 5.12. The highest BCUT2D eigenvalue weighted by atomic mass is 19.1.